The first kappa shape index (κ1) is 21.4. The standard InChI is InChI=1S/C28H44O/c1-18(2)8-7-9-20(4)26-25(29)17-24-22-11-10-21-16-19(3)12-14-27(21,5)23(22)13-15-28(24,26)6/h8,10,19-20,22-24,26H,7,9,11-17H2,1-6H3/t19-,20+,22+,23-,24-,26?,27-,28-/m0/s1. The van der Waals surface area contributed by atoms with Crippen molar-refractivity contribution >= 4 is 5.78 Å². The summed E-state index contributed by atoms with van der Waals surface area (Å²) >= 11 is 0. The Labute approximate surface area is 179 Å². The Balaban J connectivity index is 1.56. The predicted molar refractivity (Wildman–Crippen MR) is 123 cm³/mol. The summed E-state index contributed by atoms with van der Waals surface area (Å²) in [5.41, 5.74) is 3.84. The number of fused-ring (bicyclic) bond motifs is 5. The summed E-state index contributed by atoms with van der Waals surface area (Å²) < 4.78 is 0. The first-order chi connectivity index (χ1) is 13.7. The van der Waals surface area contributed by atoms with Gasteiger partial charge < -0.3 is 0 Å². The summed E-state index contributed by atoms with van der Waals surface area (Å²) in [4.78, 5) is 13.3. The third-order valence-electron chi connectivity index (χ3n) is 10.0. The number of carbonyl (C=O) groups excluding carboxylic acids is 1. The van der Waals surface area contributed by atoms with Gasteiger partial charge in [0.15, 0.2) is 0 Å². The van der Waals surface area contributed by atoms with Gasteiger partial charge in [-0.25, -0.2) is 0 Å². The van der Waals surface area contributed by atoms with Gasteiger partial charge in [-0.2, -0.15) is 0 Å². The van der Waals surface area contributed by atoms with E-state index in [1.807, 2.05) is 0 Å². The van der Waals surface area contributed by atoms with Crippen LogP contribution in [0.1, 0.15) is 99.3 Å². The molecule has 3 saturated carbocycles. The molecule has 1 nitrogen and oxygen atoms in total. The second-order valence-corrected chi connectivity index (χ2v) is 12.1. The molecule has 29 heavy (non-hydrogen) atoms. The summed E-state index contributed by atoms with van der Waals surface area (Å²) in [6.07, 6.45) is 16.1. The highest BCUT2D eigenvalue weighted by molar-refractivity contribution is 5.85. The fourth-order valence-corrected chi connectivity index (χ4v) is 8.44. The lowest BCUT2D eigenvalue weighted by atomic mass is 9.46. The van der Waals surface area contributed by atoms with E-state index in [2.05, 4.69) is 53.7 Å². The Kier molecular flexibility index (Phi) is 5.67. The van der Waals surface area contributed by atoms with Crippen molar-refractivity contribution in [3.63, 3.8) is 0 Å². The molecule has 4 aliphatic rings. The third-order valence-corrected chi connectivity index (χ3v) is 10.0. The molecule has 4 rings (SSSR count). The van der Waals surface area contributed by atoms with E-state index in [1.165, 1.54) is 44.1 Å². The Bertz CT molecular complexity index is 710. The molecule has 0 spiro atoms. The molecule has 162 valence electrons. The van der Waals surface area contributed by atoms with E-state index < -0.39 is 0 Å². The molecule has 0 radical (unpaired) electrons. The lowest BCUT2D eigenvalue weighted by Gasteiger charge is -2.58. The van der Waals surface area contributed by atoms with Gasteiger partial charge in [-0.1, -0.05) is 51.0 Å². The van der Waals surface area contributed by atoms with E-state index in [0.29, 0.717) is 29.0 Å². The van der Waals surface area contributed by atoms with E-state index in [4.69, 9.17) is 0 Å². The van der Waals surface area contributed by atoms with Crippen molar-refractivity contribution in [1.82, 2.24) is 0 Å². The highest BCUT2D eigenvalue weighted by Gasteiger charge is 2.61. The molecule has 0 N–H and O–H groups in total. The molecule has 0 aromatic rings. The van der Waals surface area contributed by atoms with E-state index >= 15 is 0 Å². The number of allylic oxidation sites excluding steroid dienone is 4. The maximum atomic E-state index is 13.3. The van der Waals surface area contributed by atoms with Gasteiger partial charge in [0.25, 0.3) is 0 Å². The monoisotopic (exact) mass is 396 g/mol. The number of rotatable bonds is 4. The number of Topliss-reactive ketones (excluding diaryl/α,β-unsaturated/α-hetero) is 1. The Morgan fingerprint density at radius 2 is 1.93 bits per heavy atom. The van der Waals surface area contributed by atoms with Crippen molar-refractivity contribution < 1.29 is 4.79 Å². The zero-order valence-electron chi connectivity index (χ0n) is 19.9. The van der Waals surface area contributed by atoms with Crippen LogP contribution in [0.4, 0.5) is 0 Å². The van der Waals surface area contributed by atoms with Crippen LogP contribution in [-0.2, 0) is 4.79 Å². The van der Waals surface area contributed by atoms with Gasteiger partial charge in [-0.15, -0.1) is 0 Å². The Hall–Kier alpha value is -0.850. The van der Waals surface area contributed by atoms with Crippen molar-refractivity contribution in [2.24, 2.45) is 46.3 Å². The van der Waals surface area contributed by atoms with E-state index in [1.54, 1.807) is 5.57 Å². The minimum absolute atomic E-state index is 0.242. The fourth-order valence-electron chi connectivity index (χ4n) is 8.44. The predicted octanol–water partition coefficient (Wildman–Crippen LogP) is 7.76. The summed E-state index contributed by atoms with van der Waals surface area (Å²) in [5.74, 6) is 4.46. The summed E-state index contributed by atoms with van der Waals surface area (Å²) in [6.45, 7) is 14.2. The van der Waals surface area contributed by atoms with Crippen LogP contribution in [0.15, 0.2) is 23.3 Å². The molecule has 4 aliphatic carbocycles. The molecule has 3 fully saturated rings. The van der Waals surface area contributed by atoms with Crippen molar-refractivity contribution in [3.8, 4) is 0 Å². The van der Waals surface area contributed by atoms with Crippen molar-refractivity contribution in [3.05, 3.63) is 23.3 Å². The van der Waals surface area contributed by atoms with Crippen LogP contribution < -0.4 is 0 Å². The average Bonchev–Trinajstić information content (AvgIpc) is 2.92. The van der Waals surface area contributed by atoms with Crippen LogP contribution in [0.2, 0.25) is 0 Å². The summed E-state index contributed by atoms with van der Waals surface area (Å²) in [6, 6.07) is 0. The van der Waals surface area contributed by atoms with E-state index in [0.717, 1.165) is 37.0 Å². The van der Waals surface area contributed by atoms with Gasteiger partial charge in [-0.05, 0) is 106 Å². The molecule has 0 amide bonds. The molecule has 1 heteroatoms. The Morgan fingerprint density at radius 3 is 2.66 bits per heavy atom. The molecule has 8 atom stereocenters. The second kappa shape index (κ2) is 7.69. The lowest BCUT2D eigenvalue weighted by molar-refractivity contribution is -0.124. The maximum Gasteiger partial charge on any atom is 0.137 e. The average molecular weight is 397 g/mol. The van der Waals surface area contributed by atoms with Crippen molar-refractivity contribution in [2.75, 3.05) is 0 Å². The number of ketones is 1. The zero-order chi connectivity index (χ0) is 21.0. The SMILES string of the molecule is CC(C)=CCC[C@@H](C)C1C(=O)C[C@H]2[C@@H]3CC=C4C[C@@H](C)CC[C@]4(C)[C@H]3CC[C@]12C. The highest BCUT2D eigenvalue weighted by Crippen LogP contribution is 2.66. The lowest BCUT2D eigenvalue weighted by Crippen LogP contribution is -2.50. The van der Waals surface area contributed by atoms with Crippen LogP contribution in [0, 0.1) is 46.3 Å². The van der Waals surface area contributed by atoms with Gasteiger partial charge in [0.05, 0.1) is 0 Å². The van der Waals surface area contributed by atoms with Gasteiger partial charge in [0.2, 0.25) is 0 Å². The maximum absolute atomic E-state index is 13.3. The van der Waals surface area contributed by atoms with Crippen LogP contribution in [0.25, 0.3) is 0 Å². The second-order valence-electron chi connectivity index (χ2n) is 12.1. The first-order valence-electron chi connectivity index (χ1n) is 12.5. The normalized spacial score (nSPS) is 45.0. The Morgan fingerprint density at radius 1 is 1.17 bits per heavy atom. The molecule has 0 saturated heterocycles. The van der Waals surface area contributed by atoms with Crippen LogP contribution >= 0.6 is 0 Å². The molecule has 0 aromatic carbocycles. The topological polar surface area (TPSA) is 17.1 Å². The number of hydrogen-bond donors (Lipinski definition) is 0. The minimum Gasteiger partial charge on any atom is -0.299 e. The van der Waals surface area contributed by atoms with Gasteiger partial charge in [0.1, 0.15) is 5.78 Å². The molecular formula is C28H44O. The fraction of sp³-hybridized carbons (Fsp3) is 0.821. The van der Waals surface area contributed by atoms with Gasteiger partial charge in [-0.3, -0.25) is 4.79 Å². The van der Waals surface area contributed by atoms with Crippen molar-refractivity contribution in [2.45, 2.75) is 99.3 Å². The number of carbonyl (C=O) groups is 1. The van der Waals surface area contributed by atoms with Crippen LogP contribution in [-0.4, -0.2) is 5.78 Å². The summed E-state index contributed by atoms with van der Waals surface area (Å²) in [5, 5.41) is 0. The highest BCUT2D eigenvalue weighted by atomic mass is 16.1. The molecule has 0 aromatic heterocycles. The smallest absolute Gasteiger partial charge is 0.137 e. The minimum atomic E-state index is 0.242. The third kappa shape index (κ3) is 3.49. The van der Waals surface area contributed by atoms with Gasteiger partial charge >= 0.3 is 0 Å². The molecule has 1 unspecified atom stereocenters. The largest absolute Gasteiger partial charge is 0.299 e. The zero-order valence-corrected chi connectivity index (χ0v) is 19.9. The van der Waals surface area contributed by atoms with Crippen LogP contribution in [0.3, 0.4) is 0 Å². The van der Waals surface area contributed by atoms with Crippen LogP contribution in [0.5, 0.6) is 0 Å². The summed E-state index contributed by atoms with van der Waals surface area (Å²) in [7, 11) is 0. The van der Waals surface area contributed by atoms with Gasteiger partial charge in [0, 0.05) is 12.3 Å². The molecular weight excluding hydrogens is 352 g/mol. The molecule has 0 bridgehead atoms. The van der Waals surface area contributed by atoms with E-state index in [-0.39, 0.29) is 5.41 Å². The first-order valence-corrected chi connectivity index (χ1v) is 12.5. The van der Waals surface area contributed by atoms with E-state index in [9.17, 15) is 4.79 Å². The van der Waals surface area contributed by atoms with Crippen molar-refractivity contribution in [1.29, 1.82) is 0 Å². The quantitative estimate of drug-likeness (QED) is 0.444. The molecule has 0 aliphatic heterocycles. The number of hydrogen-bond acceptors (Lipinski definition) is 1. The molecule has 0 heterocycles.